The summed E-state index contributed by atoms with van der Waals surface area (Å²) in [6, 6.07) is 13.1. The number of hydrogen-bond acceptors (Lipinski definition) is 4. The molecule has 2 N–H and O–H groups in total. The number of benzene rings is 2. The Hall–Kier alpha value is -3.48. The van der Waals surface area contributed by atoms with Gasteiger partial charge in [0.1, 0.15) is 11.5 Å². The van der Waals surface area contributed by atoms with Crippen LogP contribution in [-0.4, -0.2) is 24.4 Å². The van der Waals surface area contributed by atoms with E-state index >= 15 is 0 Å². The lowest BCUT2D eigenvalue weighted by atomic mass is 10.2. The summed E-state index contributed by atoms with van der Waals surface area (Å²) in [6.07, 6.45) is 1.44. The van der Waals surface area contributed by atoms with E-state index in [1.54, 1.807) is 31.2 Å². The van der Waals surface area contributed by atoms with E-state index in [0.29, 0.717) is 11.1 Å². The Kier molecular flexibility index (Phi) is 6.82. The number of ether oxygens (including phenoxy) is 1. The van der Waals surface area contributed by atoms with E-state index in [0.717, 1.165) is 0 Å². The lowest BCUT2D eigenvalue weighted by molar-refractivity contribution is -0.144. The Labute approximate surface area is 156 Å². The van der Waals surface area contributed by atoms with Crippen molar-refractivity contribution < 1.29 is 23.5 Å². The molecule has 0 aliphatic carbocycles. The maximum atomic E-state index is 13.5. The third kappa shape index (κ3) is 6.39. The van der Waals surface area contributed by atoms with Crippen LogP contribution in [0.15, 0.2) is 54.2 Å². The van der Waals surface area contributed by atoms with Crippen LogP contribution in [-0.2, 0) is 19.1 Å². The fraction of sp³-hybridized carbons (Fsp3) is 0.150. The van der Waals surface area contributed by atoms with Crippen LogP contribution in [0.4, 0.5) is 10.1 Å². The minimum atomic E-state index is -0.862. The number of esters is 1. The van der Waals surface area contributed by atoms with Gasteiger partial charge in [-0.25, -0.2) is 9.18 Å². The van der Waals surface area contributed by atoms with Crippen molar-refractivity contribution in [3.63, 3.8) is 0 Å². The second-order valence-corrected chi connectivity index (χ2v) is 5.74. The maximum absolute atomic E-state index is 13.5. The Bertz CT molecular complexity index is 879. The quantitative estimate of drug-likeness (QED) is 0.605. The fourth-order valence-corrected chi connectivity index (χ4v) is 2.13. The van der Waals surface area contributed by atoms with Crippen LogP contribution in [0, 0.1) is 12.7 Å². The molecule has 0 atom stereocenters. The summed E-state index contributed by atoms with van der Waals surface area (Å²) in [7, 11) is 0. The molecule has 2 aromatic carbocycles. The van der Waals surface area contributed by atoms with Crippen molar-refractivity contribution in [2.75, 3.05) is 11.9 Å². The summed E-state index contributed by atoms with van der Waals surface area (Å²) < 4.78 is 18.4. The van der Waals surface area contributed by atoms with Crippen molar-refractivity contribution in [2.24, 2.45) is 0 Å². The summed E-state index contributed by atoms with van der Waals surface area (Å²) in [5.74, 6) is -2.40. The van der Waals surface area contributed by atoms with Crippen molar-refractivity contribution in [2.45, 2.75) is 13.8 Å². The van der Waals surface area contributed by atoms with Crippen LogP contribution in [0.25, 0.3) is 6.08 Å². The third-order valence-electron chi connectivity index (χ3n) is 3.43. The second kappa shape index (κ2) is 9.28. The first-order valence-electron chi connectivity index (χ1n) is 8.12. The van der Waals surface area contributed by atoms with Crippen molar-refractivity contribution in [3.8, 4) is 0 Å². The molecule has 2 aromatic rings. The van der Waals surface area contributed by atoms with Crippen LogP contribution in [0.3, 0.4) is 0 Å². The Morgan fingerprint density at radius 3 is 2.44 bits per heavy atom. The predicted molar refractivity (Wildman–Crippen MR) is 99.0 cm³/mol. The number of hydrogen-bond donors (Lipinski definition) is 2. The SMILES string of the molecule is CC(=O)N/C(=C\c1ccccc1)C(=O)OCC(=O)Nc1ccc(C)c(F)c1. The lowest BCUT2D eigenvalue weighted by Crippen LogP contribution is -2.28. The molecule has 0 aromatic heterocycles. The lowest BCUT2D eigenvalue weighted by Gasteiger charge is -2.10. The van der Waals surface area contributed by atoms with Gasteiger partial charge in [0.05, 0.1) is 0 Å². The van der Waals surface area contributed by atoms with Gasteiger partial charge in [0.15, 0.2) is 6.61 Å². The normalized spacial score (nSPS) is 10.9. The first-order valence-corrected chi connectivity index (χ1v) is 8.12. The zero-order valence-electron chi connectivity index (χ0n) is 14.9. The molecule has 0 bridgehead atoms. The highest BCUT2D eigenvalue weighted by atomic mass is 19.1. The molecular weight excluding hydrogens is 351 g/mol. The van der Waals surface area contributed by atoms with Crippen molar-refractivity contribution in [3.05, 3.63) is 71.2 Å². The molecular formula is C20H19FN2O4. The van der Waals surface area contributed by atoms with Crippen LogP contribution in [0.2, 0.25) is 0 Å². The smallest absolute Gasteiger partial charge is 0.355 e. The Morgan fingerprint density at radius 2 is 1.81 bits per heavy atom. The molecule has 0 radical (unpaired) electrons. The van der Waals surface area contributed by atoms with E-state index in [4.69, 9.17) is 4.74 Å². The van der Waals surface area contributed by atoms with Crippen molar-refractivity contribution in [1.29, 1.82) is 0 Å². The van der Waals surface area contributed by atoms with Gasteiger partial charge in [-0.3, -0.25) is 9.59 Å². The number of carbonyl (C=O) groups is 3. The molecule has 2 rings (SSSR count). The van der Waals surface area contributed by atoms with Gasteiger partial charge in [-0.15, -0.1) is 0 Å². The fourth-order valence-electron chi connectivity index (χ4n) is 2.13. The van der Waals surface area contributed by atoms with Crippen molar-refractivity contribution >= 4 is 29.5 Å². The number of aryl methyl sites for hydroxylation is 1. The molecule has 0 aliphatic heterocycles. The van der Waals surface area contributed by atoms with Crippen LogP contribution >= 0.6 is 0 Å². The zero-order valence-corrected chi connectivity index (χ0v) is 14.9. The Morgan fingerprint density at radius 1 is 1.11 bits per heavy atom. The van der Waals surface area contributed by atoms with Crippen LogP contribution in [0.5, 0.6) is 0 Å². The molecule has 6 nitrogen and oxygen atoms in total. The monoisotopic (exact) mass is 370 g/mol. The highest BCUT2D eigenvalue weighted by Crippen LogP contribution is 2.13. The first-order chi connectivity index (χ1) is 12.8. The van der Waals surface area contributed by atoms with Gasteiger partial charge in [-0.05, 0) is 36.3 Å². The van der Waals surface area contributed by atoms with Gasteiger partial charge in [0.25, 0.3) is 5.91 Å². The first kappa shape index (κ1) is 19.8. The standard InChI is InChI=1S/C20H19FN2O4/c1-13-8-9-16(11-17(13)21)23-19(25)12-27-20(26)18(22-14(2)24)10-15-6-4-3-5-7-15/h3-11H,12H2,1-2H3,(H,22,24)(H,23,25)/b18-10-. The molecule has 0 fully saturated rings. The third-order valence-corrected chi connectivity index (χ3v) is 3.43. The van der Waals surface area contributed by atoms with Gasteiger partial charge < -0.3 is 15.4 Å². The van der Waals surface area contributed by atoms with Gasteiger partial charge in [0.2, 0.25) is 5.91 Å². The van der Waals surface area contributed by atoms with Gasteiger partial charge >= 0.3 is 5.97 Å². The van der Waals surface area contributed by atoms with E-state index in [1.807, 2.05) is 6.07 Å². The zero-order chi connectivity index (χ0) is 19.8. The van der Waals surface area contributed by atoms with E-state index in [9.17, 15) is 18.8 Å². The van der Waals surface area contributed by atoms with Gasteiger partial charge in [-0.2, -0.15) is 0 Å². The number of amides is 2. The molecule has 0 saturated heterocycles. The summed E-state index contributed by atoms with van der Waals surface area (Å²) >= 11 is 0. The molecule has 7 heteroatoms. The maximum Gasteiger partial charge on any atom is 0.355 e. The topological polar surface area (TPSA) is 84.5 Å². The van der Waals surface area contributed by atoms with Gasteiger partial charge in [0, 0.05) is 12.6 Å². The predicted octanol–water partition coefficient (Wildman–Crippen LogP) is 2.79. The average molecular weight is 370 g/mol. The highest BCUT2D eigenvalue weighted by molar-refractivity contribution is 5.99. The number of nitrogens with one attached hydrogen (secondary N) is 2. The number of anilines is 1. The van der Waals surface area contributed by atoms with Crippen molar-refractivity contribution in [1.82, 2.24) is 5.32 Å². The van der Waals surface area contributed by atoms with E-state index in [1.165, 1.54) is 31.2 Å². The summed E-state index contributed by atoms with van der Waals surface area (Å²) in [5, 5.41) is 4.81. The highest BCUT2D eigenvalue weighted by Gasteiger charge is 2.15. The van der Waals surface area contributed by atoms with Crippen LogP contribution in [0.1, 0.15) is 18.1 Å². The molecule has 0 heterocycles. The van der Waals surface area contributed by atoms with E-state index in [-0.39, 0.29) is 11.4 Å². The number of carbonyl (C=O) groups excluding carboxylic acids is 3. The molecule has 0 saturated carbocycles. The largest absolute Gasteiger partial charge is 0.451 e. The molecule has 0 unspecified atom stereocenters. The average Bonchev–Trinajstić information content (AvgIpc) is 2.63. The summed E-state index contributed by atoms with van der Waals surface area (Å²) in [6.45, 7) is 2.27. The van der Waals surface area contributed by atoms with Crippen LogP contribution < -0.4 is 10.6 Å². The molecule has 0 aliphatic rings. The second-order valence-electron chi connectivity index (χ2n) is 5.74. The number of rotatable bonds is 6. The molecule has 140 valence electrons. The minimum Gasteiger partial charge on any atom is -0.451 e. The molecule has 27 heavy (non-hydrogen) atoms. The molecule has 0 spiro atoms. The van der Waals surface area contributed by atoms with E-state index in [2.05, 4.69) is 10.6 Å². The molecule has 2 amide bonds. The minimum absolute atomic E-state index is 0.0946. The summed E-state index contributed by atoms with van der Waals surface area (Å²) in [5.41, 5.74) is 1.28. The summed E-state index contributed by atoms with van der Waals surface area (Å²) in [4.78, 5) is 35.4. The number of halogens is 1. The van der Waals surface area contributed by atoms with E-state index < -0.39 is 30.2 Å². The Balaban J connectivity index is 2.00. The van der Waals surface area contributed by atoms with Gasteiger partial charge in [-0.1, -0.05) is 36.4 Å².